The Bertz CT molecular complexity index is 720. The number of amides is 1. The summed E-state index contributed by atoms with van der Waals surface area (Å²) in [5.74, 6) is 2.09. The maximum absolute atomic E-state index is 12.5. The highest BCUT2D eigenvalue weighted by Crippen LogP contribution is 2.40. The van der Waals surface area contributed by atoms with Crippen LogP contribution in [0.3, 0.4) is 0 Å². The molecule has 5 heteroatoms. The fraction of sp³-hybridized carbons (Fsp3) is 0.333. The largest absolute Gasteiger partial charge is 0.493 e. The van der Waals surface area contributed by atoms with Crippen molar-refractivity contribution in [3.63, 3.8) is 0 Å². The number of fused-ring (bicyclic) bond motifs is 1. The van der Waals surface area contributed by atoms with E-state index >= 15 is 0 Å². The van der Waals surface area contributed by atoms with Crippen LogP contribution < -0.4 is 4.74 Å². The molecule has 1 atom stereocenters. The molecule has 1 fully saturated rings. The minimum atomic E-state index is 0.0790. The predicted octanol–water partition coefficient (Wildman–Crippen LogP) is 3.18. The fourth-order valence-corrected chi connectivity index (χ4v) is 4.34. The van der Waals surface area contributed by atoms with Crippen molar-refractivity contribution in [1.29, 1.82) is 0 Å². The quantitative estimate of drug-likeness (QED) is 0.869. The Kier molecular flexibility index (Phi) is 3.95. The van der Waals surface area contributed by atoms with Gasteiger partial charge in [-0.2, -0.15) is 0 Å². The number of hydrogen-bond acceptors (Lipinski definition) is 4. The highest BCUT2D eigenvalue weighted by atomic mass is 32.2. The lowest BCUT2D eigenvalue weighted by molar-refractivity contribution is -0.132. The first-order chi connectivity index (χ1) is 11.3. The molecule has 1 amide bonds. The summed E-state index contributed by atoms with van der Waals surface area (Å²) in [6.45, 7) is 1.39. The lowest BCUT2D eigenvalue weighted by atomic mass is 10.1. The van der Waals surface area contributed by atoms with Gasteiger partial charge in [0.25, 0.3) is 0 Å². The number of thioether (sulfide) groups is 1. The van der Waals surface area contributed by atoms with Gasteiger partial charge >= 0.3 is 0 Å². The predicted molar refractivity (Wildman–Crippen MR) is 90.2 cm³/mol. The molecule has 1 unspecified atom stereocenters. The standard InChI is InChI=1S/C18H18N2O2S/c21-17-6-10-23-18(20(17)12-13-3-7-19-8-4-13)15-1-2-16-14(11-15)5-9-22-16/h1-4,7-8,11,18H,5-6,9-10,12H2. The van der Waals surface area contributed by atoms with Crippen molar-refractivity contribution >= 4 is 17.7 Å². The SMILES string of the molecule is O=C1CCSC(c2ccc3c(c2)CCO3)N1Cc1ccncc1. The molecule has 3 heterocycles. The lowest BCUT2D eigenvalue weighted by Gasteiger charge is -2.35. The third kappa shape index (κ3) is 2.93. The molecule has 0 aliphatic carbocycles. The average Bonchev–Trinajstić information content (AvgIpc) is 3.05. The van der Waals surface area contributed by atoms with Crippen LogP contribution in [0, 0.1) is 0 Å². The molecular formula is C18H18N2O2S. The molecule has 1 aromatic carbocycles. The Balaban J connectivity index is 1.63. The molecule has 0 bridgehead atoms. The summed E-state index contributed by atoms with van der Waals surface area (Å²) in [7, 11) is 0. The zero-order chi connectivity index (χ0) is 15.6. The average molecular weight is 326 g/mol. The van der Waals surface area contributed by atoms with Crippen LogP contribution in [-0.4, -0.2) is 28.2 Å². The van der Waals surface area contributed by atoms with Gasteiger partial charge in [0.2, 0.25) is 5.91 Å². The number of carbonyl (C=O) groups is 1. The topological polar surface area (TPSA) is 42.4 Å². The van der Waals surface area contributed by atoms with Crippen LogP contribution in [0.15, 0.2) is 42.7 Å². The number of carbonyl (C=O) groups excluding carboxylic acids is 1. The van der Waals surface area contributed by atoms with Crippen LogP contribution in [0.4, 0.5) is 0 Å². The zero-order valence-electron chi connectivity index (χ0n) is 12.8. The van der Waals surface area contributed by atoms with E-state index in [1.54, 1.807) is 12.4 Å². The van der Waals surface area contributed by atoms with Gasteiger partial charge in [-0.05, 0) is 41.0 Å². The second-order valence-electron chi connectivity index (χ2n) is 5.82. The molecule has 4 nitrogen and oxygen atoms in total. The number of pyridine rings is 1. The van der Waals surface area contributed by atoms with Gasteiger partial charge in [-0.25, -0.2) is 0 Å². The number of benzene rings is 1. The van der Waals surface area contributed by atoms with Gasteiger partial charge in [0, 0.05) is 37.5 Å². The molecule has 0 N–H and O–H groups in total. The van der Waals surface area contributed by atoms with Crippen molar-refractivity contribution in [2.45, 2.75) is 24.8 Å². The smallest absolute Gasteiger partial charge is 0.224 e. The number of ether oxygens (including phenoxy) is 1. The fourth-order valence-electron chi connectivity index (χ4n) is 3.11. The first-order valence-corrected chi connectivity index (χ1v) is 8.92. The van der Waals surface area contributed by atoms with Crippen molar-refractivity contribution in [1.82, 2.24) is 9.88 Å². The van der Waals surface area contributed by atoms with E-state index in [0.717, 1.165) is 30.1 Å². The van der Waals surface area contributed by atoms with Gasteiger partial charge in [-0.15, -0.1) is 11.8 Å². The summed E-state index contributed by atoms with van der Waals surface area (Å²) in [4.78, 5) is 18.5. The molecular weight excluding hydrogens is 308 g/mol. The number of rotatable bonds is 3. The van der Waals surface area contributed by atoms with Gasteiger partial charge in [0.05, 0.1) is 6.61 Å². The molecule has 118 valence electrons. The normalized spacial score (nSPS) is 20.3. The Labute approximate surface area is 139 Å². The van der Waals surface area contributed by atoms with Gasteiger partial charge in [-0.3, -0.25) is 9.78 Å². The van der Waals surface area contributed by atoms with Crippen LogP contribution in [0.5, 0.6) is 5.75 Å². The Morgan fingerprint density at radius 3 is 2.96 bits per heavy atom. The van der Waals surface area contributed by atoms with Crippen molar-refractivity contribution < 1.29 is 9.53 Å². The summed E-state index contributed by atoms with van der Waals surface area (Å²) in [5, 5.41) is 0.0790. The zero-order valence-corrected chi connectivity index (χ0v) is 13.6. The molecule has 0 spiro atoms. The molecule has 0 radical (unpaired) electrons. The third-order valence-corrected chi connectivity index (χ3v) is 5.58. The van der Waals surface area contributed by atoms with Crippen molar-refractivity contribution in [3.05, 3.63) is 59.4 Å². The van der Waals surface area contributed by atoms with E-state index in [4.69, 9.17) is 4.74 Å². The molecule has 4 rings (SSSR count). The molecule has 2 aromatic rings. The minimum absolute atomic E-state index is 0.0790. The van der Waals surface area contributed by atoms with E-state index in [1.807, 2.05) is 34.9 Å². The van der Waals surface area contributed by atoms with Crippen LogP contribution >= 0.6 is 11.8 Å². The summed E-state index contributed by atoms with van der Waals surface area (Å²) < 4.78 is 5.59. The van der Waals surface area contributed by atoms with E-state index in [1.165, 1.54) is 11.1 Å². The minimum Gasteiger partial charge on any atom is -0.493 e. The second kappa shape index (κ2) is 6.24. The summed E-state index contributed by atoms with van der Waals surface area (Å²) >= 11 is 1.84. The molecule has 2 aliphatic heterocycles. The van der Waals surface area contributed by atoms with Crippen LogP contribution in [0.1, 0.15) is 28.5 Å². The molecule has 2 aliphatic rings. The van der Waals surface area contributed by atoms with Gasteiger partial charge in [0.1, 0.15) is 11.1 Å². The highest BCUT2D eigenvalue weighted by Gasteiger charge is 2.30. The van der Waals surface area contributed by atoms with E-state index in [-0.39, 0.29) is 11.3 Å². The van der Waals surface area contributed by atoms with Gasteiger partial charge in [-0.1, -0.05) is 6.07 Å². The van der Waals surface area contributed by atoms with Crippen LogP contribution in [0.25, 0.3) is 0 Å². The van der Waals surface area contributed by atoms with Gasteiger partial charge < -0.3 is 9.64 Å². The first-order valence-electron chi connectivity index (χ1n) is 7.87. The van der Waals surface area contributed by atoms with Crippen molar-refractivity contribution in [2.75, 3.05) is 12.4 Å². The first kappa shape index (κ1) is 14.6. The maximum atomic E-state index is 12.5. The molecule has 1 aromatic heterocycles. The van der Waals surface area contributed by atoms with Gasteiger partial charge in [0.15, 0.2) is 0 Å². The maximum Gasteiger partial charge on any atom is 0.224 e. The van der Waals surface area contributed by atoms with Crippen molar-refractivity contribution in [2.24, 2.45) is 0 Å². The monoisotopic (exact) mass is 326 g/mol. The summed E-state index contributed by atoms with van der Waals surface area (Å²) in [6.07, 6.45) is 5.12. The van der Waals surface area contributed by atoms with E-state index in [2.05, 4.69) is 17.1 Å². The molecule has 23 heavy (non-hydrogen) atoms. The Morgan fingerprint density at radius 1 is 1.22 bits per heavy atom. The van der Waals surface area contributed by atoms with E-state index < -0.39 is 0 Å². The number of nitrogens with zero attached hydrogens (tertiary/aromatic N) is 2. The lowest BCUT2D eigenvalue weighted by Crippen LogP contribution is -2.36. The van der Waals surface area contributed by atoms with Crippen LogP contribution in [0.2, 0.25) is 0 Å². The number of hydrogen-bond donors (Lipinski definition) is 0. The van der Waals surface area contributed by atoms with E-state index in [9.17, 15) is 4.79 Å². The molecule has 0 saturated carbocycles. The highest BCUT2D eigenvalue weighted by molar-refractivity contribution is 7.99. The molecule has 1 saturated heterocycles. The summed E-state index contributed by atoms with van der Waals surface area (Å²) in [6, 6.07) is 10.3. The van der Waals surface area contributed by atoms with Crippen molar-refractivity contribution in [3.8, 4) is 5.75 Å². The van der Waals surface area contributed by atoms with Crippen LogP contribution in [-0.2, 0) is 17.8 Å². The summed E-state index contributed by atoms with van der Waals surface area (Å²) in [5.41, 5.74) is 3.57. The van der Waals surface area contributed by atoms with E-state index in [0.29, 0.717) is 13.0 Å². The third-order valence-electron chi connectivity index (χ3n) is 4.30. The Hall–Kier alpha value is -2.01. The number of aromatic nitrogens is 1. The Morgan fingerprint density at radius 2 is 2.09 bits per heavy atom. The second-order valence-corrected chi connectivity index (χ2v) is 7.00.